The van der Waals surface area contributed by atoms with Crippen LogP contribution in [0, 0.1) is 5.92 Å². The van der Waals surface area contributed by atoms with Crippen LogP contribution in [-0.2, 0) is 13.1 Å². The Bertz CT molecular complexity index is 1230. The molecule has 0 atom stereocenters. The van der Waals surface area contributed by atoms with Crippen molar-refractivity contribution in [2.45, 2.75) is 32.9 Å². The zero-order chi connectivity index (χ0) is 22.0. The van der Waals surface area contributed by atoms with Gasteiger partial charge >= 0.3 is 11.1 Å². The van der Waals surface area contributed by atoms with Gasteiger partial charge in [-0.2, -0.15) is 0 Å². The van der Waals surface area contributed by atoms with Gasteiger partial charge in [-0.3, -0.25) is 23.5 Å². The normalized spacial score (nSPS) is 14.7. The van der Waals surface area contributed by atoms with E-state index in [2.05, 4.69) is 13.5 Å². The first-order valence-electron chi connectivity index (χ1n) is 10.7. The van der Waals surface area contributed by atoms with Crippen molar-refractivity contribution in [1.29, 1.82) is 0 Å². The highest BCUT2D eigenvalue weighted by Crippen LogP contribution is 2.19. The van der Waals surface area contributed by atoms with Crippen molar-refractivity contribution in [1.82, 2.24) is 14.0 Å². The van der Waals surface area contributed by atoms with E-state index in [1.807, 2.05) is 53.4 Å². The zero-order valence-corrected chi connectivity index (χ0v) is 17.8. The van der Waals surface area contributed by atoms with Gasteiger partial charge in [0.25, 0.3) is 5.91 Å². The summed E-state index contributed by atoms with van der Waals surface area (Å²) in [6.45, 7) is 8.04. The molecule has 0 radical (unpaired) electrons. The number of carbonyl (C=O) groups excluding carboxylic acids is 1. The van der Waals surface area contributed by atoms with Crippen LogP contribution in [0.15, 0.2) is 70.8 Å². The molecule has 160 valence electrons. The Labute approximate surface area is 181 Å². The van der Waals surface area contributed by atoms with Gasteiger partial charge in [-0.05, 0) is 48.6 Å². The van der Waals surface area contributed by atoms with Crippen LogP contribution < -0.4 is 11.1 Å². The van der Waals surface area contributed by atoms with Crippen LogP contribution in [0.3, 0.4) is 0 Å². The summed E-state index contributed by atoms with van der Waals surface area (Å²) < 4.78 is 2.95. The smallest absolute Gasteiger partial charge is 0.317 e. The molecule has 0 bridgehead atoms. The van der Waals surface area contributed by atoms with E-state index in [4.69, 9.17) is 0 Å². The SMILES string of the molecule is C=CCn1c(=O)c(=O)n(Cc2ccc(C(=O)N3CCC(C)CC3)cc2)c2ccccc21. The minimum Gasteiger partial charge on any atom is -0.339 e. The van der Waals surface area contributed by atoms with Gasteiger partial charge in [0.05, 0.1) is 17.6 Å². The highest BCUT2D eigenvalue weighted by atomic mass is 16.2. The van der Waals surface area contributed by atoms with Crippen molar-refractivity contribution in [3.05, 3.63) is 93.0 Å². The van der Waals surface area contributed by atoms with Gasteiger partial charge in [-0.15, -0.1) is 6.58 Å². The third-order valence-electron chi connectivity index (χ3n) is 6.06. The minimum absolute atomic E-state index is 0.0492. The molecule has 6 heteroatoms. The Morgan fingerprint density at radius 3 is 2.16 bits per heavy atom. The maximum atomic E-state index is 12.8. The maximum Gasteiger partial charge on any atom is 0.317 e. The van der Waals surface area contributed by atoms with Gasteiger partial charge in [0.2, 0.25) is 0 Å². The molecule has 6 nitrogen and oxygen atoms in total. The molecule has 2 aromatic carbocycles. The van der Waals surface area contributed by atoms with Crippen LogP contribution in [0.2, 0.25) is 0 Å². The van der Waals surface area contributed by atoms with Gasteiger partial charge in [-0.1, -0.05) is 37.3 Å². The number of benzene rings is 2. The van der Waals surface area contributed by atoms with Gasteiger partial charge in [0.15, 0.2) is 0 Å². The van der Waals surface area contributed by atoms with E-state index in [1.54, 1.807) is 6.08 Å². The van der Waals surface area contributed by atoms with E-state index in [0.29, 0.717) is 22.5 Å². The highest BCUT2D eigenvalue weighted by Gasteiger charge is 2.21. The van der Waals surface area contributed by atoms with Crippen LogP contribution in [0.25, 0.3) is 11.0 Å². The first-order valence-corrected chi connectivity index (χ1v) is 10.7. The lowest BCUT2D eigenvalue weighted by atomic mass is 9.98. The van der Waals surface area contributed by atoms with Crippen molar-refractivity contribution in [2.75, 3.05) is 13.1 Å². The standard InChI is InChI=1S/C25H27N3O3/c1-3-14-27-21-6-4-5-7-22(21)28(25(31)24(27)30)17-19-8-10-20(11-9-19)23(29)26-15-12-18(2)13-16-26/h3-11,18H,1,12-17H2,2H3. The van der Waals surface area contributed by atoms with E-state index >= 15 is 0 Å². The Morgan fingerprint density at radius 2 is 1.55 bits per heavy atom. The van der Waals surface area contributed by atoms with Crippen LogP contribution in [0.5, 0.6) is 0 Å². The van der Waals surface area contributed by atoms with E-state index in [1.165, 1.54) is 9.13 Å². The quantitative estimate of drug-likeness (QED) is 0.473. The number of nitrogens with zero attached hydrogens (tertiary/aromatic N) is 3. The number of piperidine rings is 1. The van der Waals surface area contributed by atoms with Crippen LogP contribution >= 0.6 is 0 Å². The van der Waals surface area contributed by atoms with Crippen molar-refractivity contribution in [2.24, 2.45) is 5.92 Å². The molecule has 3 aromatic rings. The summed E-state index contributed by atoms with van der Waals surface area (Å²) in [4.78, 5) is 40.2. The number of fused-ring (bicyclic) bond motifs is 1. The van der Waals surface area contributed by atoms with Gasteiger partial charge in [0.1, 0.15) is 0 Å². The number of carbonyl (C=O) groups is 1. The summed E-state index contributed by atoms with van der Waals surface area (Å²) in [5.41, 5.74) is 1.76. The van der Waals surface area contributed by atoms with Crippen molar-refractivity contribution < 1.29 is 4.79 Å². The van der Waals surface area contributed by atoms with Gasteiger partial charge < -0.3 is 4.90 Å². The molecule has 0 saturated carbocycles. The first-order chi connectivity index (χ1) is 15.0. The summed E-state index contributed by atoms with van der Waals surface area (Å²) in [6, 6.07) is 14.7. The molecule has 4 rings (SSSR count). The minimum atomic E-state index is -0.567. The Hall–Kier alpha value is -3.41. The van der Waals surface area contributed by atoms with Crippen molar-refractivity contribution >= 4 is 16.9 Å². The Balaban J connectivity index is 1.63. The predicted octanol–water partition coefficient (Wildman–Crippen LogP) is 3.27. The first kappa shape index (κ1) is 20.8. The number of amides is 1. The fourth-order valence-corrected chi connectivity index (χ4v) is 4.17. The fraction of sp³-hybridized carbons (Fsp3) is 0.320. The molecule has 0 aliphatic carbocycles. The van der Waals surface area contributed by atoms with Crippen LogP contribution in [0.1, 0.15) is 35.7 Å². The van der Waals surface area contributed by atoms with Gasteiger partial charge in [0, 0.05) is 25.2 Å². The Morgan fingerprint density at radius 1 is 0.968 bits per heavy atom. The van der Waals surface area contributed by atoms with Crippen molar-refractivity contribution in [3.63, 3.8) is 0 Å². The molecular weight excluding hydrogens is 390 g/mol. The summed E-state index contributed by atoms with van der Waals surface area (Å²) >= 11 is 0. The fourth-order valence-electron chi connectivity index (χ4n) is 4.17. The molecule has 0 spiro atoms. The van der Waals surface area contributed by atoms with Crippen molar-refractivity contribution in [3.8, 4) is 0 Å². The zero-order valence-electron chi connectivity index (χ0n) is 17.8. The molecule has 1 aliphatic heterocycles. The average molecular weight is 418 g/mol. The van der Waals surface area contributed by atoms with E-state index < -0.39 is 11.1 Å². The van der Waals surface area contributed by atoms with Crippen LogP contribution in [0.4, 0.5) is 0 Å². The number of para-hydroxylation sites is 2. The molecule has 1 saturated heterocycles. The molecule has 1 aliphatic rings. The molecule has 1 amide bonds. The van der Waals surface area contributed by atoms with E-state index in [0.717, 1.165) is 31.5 Å². The molecule has 1 aromatic heterocycles. The molecule has 1 fully saturated rings. The number of hydrogen-bond donors (Lipinski definition) is 0. The maximum absolute atomic E-state index is 12.8. The number of rotatable bonds is 5. The Kier molecular flexibility index (Phi) is 5.89. The second-order valence-electron chi connectivity index (χ2n) is 8.26. The lowest BCUT2D eigenvalue weighted by molar-refractivity contribution is 0.0697. The second-order valence-corrected chi connectivity index (χ2v) is 8.26. The third kappa shape index (κ3) is 4.10. The number of hydrogen-bond acceptors (Lipinski definition) is 3. The summed E-state index contributed by atoms with van der Waals surface area (Å²) in [5, 5.41) is 0. The summed E-state index contributed by atoms with van der Waals surface area (Å²) in [5.74, 6) is 0.717. The predicted molar refractivity (Wildman–Crippen MR) is 123 cm³/mol. The largest absolute Gasteiger partial charge is 0.339 e. The number of aromatic nitrogens is 2. The lowest BCUT2D eigenvalue weighted by Crippen LogP contribution is -2.41. The monoisotopic (exact) mass is 417 g/mol. The highest BCUT2D eigenvalue weighted by molar-refractivity contribution is 5.94. The summed E-state index contributed by atoms with van der Waals surface area (Å²) in [7, 11) is 0. The molecule has 0 unspecified atom stereocenters. The topological polar surface area (TPSA) is 64.3 Å². The summed E-state index contributed by atoms with van der Waals surface area (Å²) in [6.07, 6.45) is 3.69. The second kappa shape index (κ2) is 8.76. The third-order valence-corrected chi connectivity index (χ3v) is 6.06. The molecule has 0 N–H and O–H groups in total. The molecule has 31 heavy (non-hydrogen) atoms. The molecule has 2 heterocycles. The number of allylic oxidation sites excluding steroid dienone is 1. The lowest BCUT2D eigenvalue weighted by Gasteiger charge is -2.30. The average Bonchev–Trinajstić information content (AvgIpc) is 2.80. The molecular formula is C25H27N3O3. The van der Waals surface area contributed by atoms with E-state index in [9.17, 15) is 14.4 Å². The van der Waals surface area contributed by atoms with E-state index in [-0.39, 0.29) is 19.0 Å². The number of likely N-dealkylation sites (tertiary alicyclic amines) is 1. The van der Waals surface area contributed by atoms with Crippen LogP contribution in [-0.4, -0.2) is 33.0 Å². The van der Waals surface area contributed by atoms with Gasteiger partial charge in [-0.25, -0.2) is 0 Å².